The minimum atomic E-state index is -0.139. The van der Waals surface area contributed by atoms with E-state index in [0.29, 0.717) is 18.9 Å². The van der Waals surface area contributed by atoms with Crippen molar-refractivity contribution in [3.8, 4) is 5.75 Å². The number of carbonyl (C=O) groups is 1. The van der Waals surface area contributed by atoms with Gasteiger partial charge in [-0.2, -0.15) is 0 Å². The lowest BCUT2D eigenvalue weighted by atomic mass is 10.2. The Kier molecular flexibility index (Phi) is 7.88. The second kappa shape index (κ2) is 10.4. The number of aliphatic imine (C=N–C) groups is 1. The molecule has 1 aliphatic rings. The minimum Gasteiger partial charge on any atom is -0.497 e. The molecule has 2 rings (SSSR count). The first kappa shape index (κ1) is 20.5. The number of amides is 2. The van der Waals surface area contributed by atoms with Crippen LogP contribution in [0.2, 0.25) is 0 Å². The summed E-state index contributed by atoms with van der Waals surface area (Å²) < 4.78 is 11.0. The second-order valence-electron chi connectivity index (χ2n) is 6.29. The third kappa shape index (κ3) is 6.14. The number of carbonyl (C=O) groups excluding carboxylic acids is 1. The number of urea groups is 1. The first-order valence-electron chi connectivity index (χ1n) is 8.89. The van der Waals surface area contributed by atoms with Gasteiger partial charge in [-0.15, -0.1) is 0 Å². The molecule has 7 heteroatoms. The van der Waals surface area contributed by atoms with Crippen LogP contribution in [-0.4, -0.2) is 69.0 Å². The Balaban J connectivity index is 2.03. The Morgan fingerprint density at radius 2 is 2.11 bits per heavy atom. The summed E-state index contributed by atoms with van der Waals surface area (Å²) in [6, 6.07) is 7.07. The molecule has 0 spiro atoms. The first-order chi connectivity index (χ1) is 13.1. The number of piperazine rings is 1. The number of ether oxygens (including phenoxy) is 2. The minimum absolute atomic E-state index is 0.0690. The topological polar surface area (TPSA) is 66.4 Å². The third-order valence-corrected chi connectivity index (χ3v) is 4.28. The zero-order valence-corrected chi connectivity index (χ0v) is 16.2. The highest BCUT2D eigenvalue weighted by molar-refractivity contribution is 5.89. The van der Waals surface area contributed by atoms with Crippen LogP contribution < -0.4 is 10.1 Å². The van der Waals surface area contributed by atoms with Gasteiger partial charge in [0.2, 0.25) is 0 Å². The summed E-state index contributed by atoms with van der Waals surface area (Å²) in [6.07, 6.45) is 5.26. The van der Waals surface area contributed by atoms with E-state index in [9.17, 15) is 4.79 Å². The van der Waals surface area contributed by atoms with Crippen molar-refractivity contribution >= 4 is 18.4 Å². The molecule has 1 atom stereocenters. The van der Waals surface area contributed by atoms with Crippen molar-refractivity contribution in [2.24, 2.45) is 4.99 Å². The summed E-state index contributed by atoms with van der Waals surface area (Å²) >= 11 is 0. The van der Waals surface area contributed by atoms with Gasteiger partial charge in [-0.05, 0) is 51.0 Å². The molecule has 0 aromatic heterocycles. The fraction of sp³-hybridized carbons (Fsp3) is 0.400. The van der Waals surface area contributed by atoms with Gasteiger partial charge in [-0.3, -0.25) is 4.99 Å². The molecule has 1 aromatic carbocycles. The maximum Gasteiger partial charge on any atom is 0.322 e. The molecule has 1 aromatic rings. The number of likely N-dealkylation sites (N-methyl/N-ethyl adjacent to an activating group) is 1. The Bertz CT molecular complexity index is 685. The molecule has 1 heterocycles. The zero-order valence-electron chi connectivity index (χ0n) is 16.2. The largest absolute Gasteiger partial charge is 0.497 e. The average molecular weight is 372 g/mol. The van der Waals surface area contributed by atoms with E-state index < -0.39 is 0 Å². The van der Waals surface area contributed by atoms with Gasteiger partial charge in [-0.1, -0.05) is 6.08 Å². The molecule has 0 radical (unpaired) electrons. The van der Waals surface area contributed by atoms with Crippen LogP contribution in [0.25, 0.3) is 0 Å². The van der Waals surface area contributed by atoms with Crippen molar-refractivity contribution in [1.82, 2.24) is 9.80 Å². The summed E-state index contributed by atoms with van der Waals surface area (Å²) in [5, 5.41) is 2.95. The van der Waals surface area contributed by atoms with Crippen LogP contribution in [0.15, 0.2) is 53.4 Å². The molecule has 1 aliphatic heterocycles. The Morgan fingerprint density at radius 1 is 1.37 bits per heavy atom. The Hall–Kier alpha value is -2.80. The number of methoxy groups -OCH3 is 1. The molecule has 0 aliphatic carbocycles. The van der Waals surface area contributed by atoms with Gasteiger partial charge >= 0.3 is 6.03 Å². The van der Waals surface area contributed by atoms with E-state index in [0.717, 1.165) is 24.5 Å². The van der Waals surface area contributed by atoms with Crippen LogP contribution in [0.3, 0.4) is 0 Å². The Morgan fingerprint density at radius 3 is 2.74 bits per heavy atom. The van der Waals surface area contributed by atoms with E-state index in [1.807, 2.05) is 55.3 Å². The molecule has 27 heavy (non-hydrogen) atoms. The quantitative estimate of drug-likeness (QED) is 0.454. The van der Waals surface area contributed by atoms with Crippen LogP contribution in [0.5, 0.6) is 5.75 Å². The highest BCUT2D eigenvalue weighted by Crippen LogP contribution is 2.17. The number of allylic oxidation sites excluding steroid dienone is 2. The standard InChI is InChI=1S/C20H28N4O3/c1-5-6-19(13-21-2)27-15-17-14-23(3)11-12-24(17)20(25)22-16-7-9-18(26-4)10-8-16/h5-10,13,17H,2,11-12,14-15H2,1,3-4H3,(H,22,25)/b6-5-,19-13+. The van der Waals surface area contributed by atoms with E-state index in [2.05, 4.69) is 21.9 Å². The highest BCUT2D eigenvalue weighted by Gasteiger charge is 2.29. The van der Waals surface area contributed by atoms with Gasteiger partial charge in [0, 0.05) is 25.3 Å². The van der Waals surface area contributed by atoms with Crippen molar-refractivity contribution in [2.45, 2.75) is 13.0 Å². The predicted octanol–water partition coefficient (Wildman–Crippen LogP) is 2.98. The molecule has 2 amide bonds. The molecule has 1 unspecified atom stereocenters. The van der Waals surface area contributed by atoms with Crippen LogP contribution in [0.4, 0.5) is 10.5 Å². The first-order valence-corrected chi connectivity index (χ1v) is 8.89. The van der Waals surface area contributed by atoms with Crippen LogP contribution >= 0.6 is 0 Å². The number of rotatable bonds is 7. The summed E-state index contributed by atoms with van der Waals surface area (Å²) in [5.74, 6) is 1.37. The number of anilines is 1. The summed E-state index contributed by atoms with van der Waals surface area (Å²) in [7, 11) is 3.65. The summed E-state index contributed by atoms with van der Waals surface area (Å²) in [4.78, 5) is 20.6. The van der Waals surface area contributed by atoms with Crippen molar-refractivity contribution in [3.63, 3.8) is 0 Å². The smallest absolute Gasteiger partial charge is 0.322 e. The lowest BCUT2D eigenvalue weighted by Crippen LogP contribution is -2.56. The maximum atomic E-state index is 12.8. The number of hydrogen-bond acceptors (Lipinski definition) is 5. The monoisotopic (exact) mass is 372 g/mol. The van der Waals surface area contributed by atoms with Crippen LogP contribution in [0, 0.1) is 0 Å². The fourth-order valence-electron chi connectivity index (χ4n) is 2.87. The molecule has 1 N–H and O–H groups in total. The van der Waals surface area contributed by atoms with E-state index in [1.54, 1.807) is 13.3 Å². The molecular formula is C20H28N4O3. The number of benzene rings is 1. The summed E-state index contributed by atoms with van der Waals surface area (Å²) in [6.45, 7) is 7.94. The van der Waals surface area contributed by atoms with E-state index in [-0.39, 0.29) is 12.1 Å². The Labute approximate surface area is 161 Å². The highest BCUT2D eigenvalue weighted by atomic mass is 16.5. The van der Waals surface area contributed by atoms with Gasteiger partial charge in [-0.25, -0.2) is 4.79 Å². The fourth-order valence-corrected chi connectivity index (χ4v) is 2.87. The maximum absolute atomic E-state index is 12.8. The molecule has 1 saturated heterocycles. The molecular weight excluding hydrogens is 344 g/mol. The SMILES string of the molecule is C=N/C=C(\C=C/C)OCC1CN(C)CCN1C(=O)Nc1ccc(OC)cc1. The van der Waals surface area contributed by atoms with Crippen molar-refractivity contribution in [2.75, 3.05) is 45.7 Å². The molecule has 0 bridgehead atoms. The van der Waals surface area contributed by atoms with Crippen molar-refractivity contribution in [3.05, 3.63) is 48.4 Å². The zero-order chi connectivity index (χ0) is 19.6. The molecule has 1 fully saturated rings. The lowest BCUT2D eigenvalue weighted by Gasteiger charge is -2.39. The number of hydrogen-bond donors (Lipinski definition) is 1. The van der Waals surface area contributed by atoms with Gasteiger partial charge in [0.05, 0.1) is 19.4 Å². The molecule has 0 saturated carbocycles. The molecule has 7 nitrogen and oxygen atoms in total. The van der Waals surface area contributed by atoms with E-state index >= 15 is 0 Å². The second-order valence-corrected chi connectivity index (χ2v) is 6.29. The van der Waals surface area contributed by atoms with Gasteiger partial charge in [0.1, 0.15) is 18.1 Å². The number of nitrogens with one attached hydrogen (secondary N) is 1. The molecule has 146 valence electrons. The summed E-state index contributed by atoms with van der Waals surface area (Å²) in [5.41, 5.74) is 0.727. The third-order valence-electron chi connectivity index (χ3n) is 4.28. The van der Waals surface area contributed by atoms with Gasteiger partial charge in [0.15, 0.2) is 0 Å². The van der Waals surface area contributed by atoms with E-state index in [4.69, 9.17) is 9.47 Å². The average Bonchev–Trinajstić information content (AvgIpc) is 2.67. The normalized spacial score (nSPS) is 18.4. The van der Waals surface area contributed by atoms with Crippen molar-refractivity contribution < 1.29 is 14.3 Å². The van der Waals surface area contributed by atoms with Gasteiger partial charge < -0.3 is 24.6 Å². The number of nitrogens with zero attached hydrogens (tertiary/aromatic N) is 3. The van der Waals surface area contributed by atoms with E-state index in [1.165, 1.54) is 0 Å². The lowest BCUT2D eigenvalue weighted by molar-refractivity contribution is 0.0657. The van der Waals surface area contributed by atoms with Gasteiger partial charge in [0.25, 0.3) is 0 Å². The van der Waals surface area contributed by atoms with Crippen molar-refractivity contribution in [1.29, 1.82) is 0 Å². The van der Waals surface area contributed by atoms with Crippen LogP contribution in [-0.2, 0) is 4.74 Å². The predicted molar refractivity (Wildman–Crippen MR) is 108 cm³/mol. The van der Waals surface area contributed by atoms with Crippen LogP contribution in [0.1, 0.15) is 6.92 Å².